The molecule has 0 bridgehead atoms. The Morgan fingerprint density at radius 3 is 2.64 bits per heavy atom. The molecule has 1 aromatic carbocycles. The molecule has 58 valence electrons. The van der Waals surface area contributed by atoms with Gasteiger partial charge in [0, 0.05) is 21.4 Å². The minimum atomic E-state index is 0.490. The molecule has 0 fully saturated rings. The van der Waals surface area contributed by atoms with E-state index in [0.29, 0.717) is 11.4 Å². The molecule has 0 aliphatic carbocycles. The molecular weight excluding hydrogens is 204 g/mol. The van der Waals surface area contributed by atoms with Crippen LogP contribution in [0.2, 0.25) is 0 Å². The van der Waals surface area contributed by atoms with E-state index in [2.05, 4.69) is 15.9 Å². The fourth-order valence-corrected chi connectivity index (χ4v) is 1.21. The fourth-order valence-electron chi connectivity index (χ4n) is 0.853. The quantitative estimate of drug-likeness (QED) is 0.546. The SMILES string of the molecule is CC(=N)c1cc(Br)ccc1N. The lowest BCUT2D eigenvalue weighted by molar-refractivity contribution is 1.45. The zero-order valence-electron chi connectivity index (χ0n) is 6.19. The van der Waals surface area contributed by atoms with Crippen molar-refractivity contribution in [3.05, 3.63) is 28.2 Å². The first-order chi connectivity index (χ1) is 5.11. The second-order valence-electron chi connectivity index (χ2n) is 2.36. The molecule has 0 aromatic heterocycles. The average molecular weight is 213 g/mol. The maximum Gasteiger partial charge on any atom is 0.0406 e. The van der Waals surface area contributed by atoms with Crippen molar-refractivity contribution in [2.75, 3.05) is 5.73 Å². The van der Waals surface area contributed by atoms with E-state index in [0.717, 1.165) is 10.0 Å². The van der Waals surface area contributed by atoms with Crippen molar-refractivity contribution in [2.24, 2.45) is 0 Å². The van der Waals surface area contributed by atoms with Gasteiger partial charge in [-0.3, -0.25) is 0 Å². The first-order valence-corrected chi connectivity index (χ1v) is 4.01. The lowest BCUT2D eigenvalue weighted by atomic mass is 10.1. The first-order valence-electron chi connectivity index (χ1n) is 3.22. The van der Waals surface area contributed by atoms with Gasteiger partial charge < -0.3 is 11.1 Å². The van der Waals surface area contributed by atoms with Gasteiger partial charge in [-0.1, -0.05) is 15.9 Å². The van der Waals surface area contributed by atoms with Gasteiger partial charge in [-0.2, -0.15) is 0 Å². The highest BCUT2D eigenvalue weighted by Crippen LogP contribution is 2.18. The molecule has 2 nitrogen and oxygen atoms in total. The molecule has 11 heavy (non-hydrogen) atoms. The third-order valence-corrected chi connectivity index (χ3v) is 1.91. The van der Waals surface area contributed by atoms with Crippen LogP contribution in [-0.4, -0.2) is 5.71 Å². The molecule has 1 aromatic rings. The summed E-state index contributed by atoms with van der Waals surface area (Å²) in [5.74, 6) is 0. The van der Waals surface area contributed by atoms with E-state index in [1.165, 1.54) is 0 Å². The number of hydrogen-bond donors (Lipinski definition) is 2. The number of anilines is 1. The van der Waals surface area contributed by atoms with E-state index in [9.17, 15) is 0 Å². The Kier molecular flexibility index (Phi) is 2.29. The largest absolute Gasteiger partial charge is 0.398 e. The van der Waals surface area contributed by atoms with Gasteiger partial charge in [0.2, 0.25) is 0 Å². The van der Waals surface area contributed by atoms with Crippen LogP contribution in [0, 0.1) is 5.41 Å². The molecule has 3 heteroatoms. The van der Waals surface area contributed by atoms with Crippen molar-refractivity contribution in [2.45, 2.75) is 6.92 Å². The van der Waals surface area contributed by atoms with E-state index < -0.39 is 0 Å². The third-order valence-electron chi connectivity index (χ3n) is 1.42. The summed E-state index contributed by atoms with van der Waals surface area (Å²) >= 11 is 3.31. The Labute approximate surface area is 74.1 Å². The highest BCUT2D eigenvalue weighted by atomic mass is 79.9. The van der Waals surface area contributed by atoms with Crippen molar-refractivity contribution in [3.63, 3.8) is 0 Å². The van der Waals surface area contributed by atoms with E-state index in [1.807, 2.05) is 12.1 Å². The Morgan fingerprint density at radius 2 is 2.18 bits per heavy atom. The summed E-state index contributed by atoms with van der Waals surface area (Å²) in [7, 11) is 0. The summed E-state index contributed by atoms with van der Waals surface area (Å²) in [5.41, 5.74) is 7.56. The Balaban J connectivity index is 3.23. The summed E-state index contributed by atoms with van der Waals surface area (Å²) in [4.78, 5) is 0. The smallest absolute Gasteiger partial charge is 0.0406 e. The van der Waals surface area contributed by atoms with Crippen LogP contribution in [-0.2, 0) is 0 Å². The number of halogens is 1. The van der Waals surface area contributed by atoms with Crippen molar-refractivity contribution in [1.82, 2.24) is 0 Å². The van der Waals surface area contributed by atoms with Crippen LogP contribution in [0.25, 0.3) is 0 Å². The molecule has 0 amide bonds. The minimum absolute atomic E-state index is 0.490. The Morgan fingerprint density at radius 1 is 1.55 bits per heavy atom. The van der Waals surface area contributed by atoms with E-state index >= 15 is 0 Å². The van der Waals surface area contributed by atoms with Crippen molar-refractivity contribution in [3.8, 4) is 0 Å². The molecule has 0 spiro atoms. The molecule has 0 aliphatic heterocycles. The maximum absolute atomic E-state index is 7.37. The van der Waals surface area contributed by atoms with Crippen LogP contribution in [0.1, 0.15) is 12.5 Å². The predicted molar refractivity (Wildman–Crippen MR) is 51.1 cm³/mol. The zero-order chi connectivity index (χ0) is 8.43. The predicted octanol–water partition coefficient (Wildman–Crippen LogP) is 2.42. The second kappa shape index (κ2) is 3.05. The van der Waals surface area contributed by atoms with Gasteiger partial charge in [0.15, 0.2) is 0 Å². The highest BCUT2D eigenvalue weighted by Gasteiger charge is 2.00. The van der Waals surface area contributed by atoms with E-state index in [-0.39, 0.29) is 0 Å². The van der Waals surface area contributed by atoms with Gasteiger partial charge >= 0.3 is 0 Å². The van der Waals surface area contributed by atoms with E-state index in [4.69, 9.17) is 11.1 Å². The van der Waals surface area contributed by atoms with Crippen molar-refractivity contribution < 1.29 is 0 Å². The van der Waals surface area contributed by atoms with Gasteiger partial charge in [0.05, 0.1) is 0 Å². The van der Waals surface area contributed by atoms with Crippen LogP contribution in [0.5, 0.6) is 0 Å². The van der Waals surface area contributed by atoms with Crippen LogP contribution >= 0.6 is 15.9 Å². The number of nitrogens with two attached hydrogens (primary N) is 1. The molecule has 0 unspecified atom stereocenters. The molecule has 0 heterocycles. The molecule has 1 rings (SSSR count). The van der Waals surface area contributed by atoms with Gasteiger partial charge in [0.1, 0.15) is 0 Å². The average Bonchev–Trinajstić information content (AvgIpc) is 1.94. The number of rotatable bonds is 1. The highest BCUT2D eigenvalue weighted by molar-refractivity contribution is 9.10. The summed E-state index contributed by atoms with van der Waals surface area (Å²) < 4.78 is 0.952. The van der Waals surface area contributed by atoms with Gasteiger partial charge in [0.25, 0.3) is 0 Å². The topological polar surface area (TPSA) is 49.9 Å². The number of nitrogen functional groups attached to an aromatic ring is 1. The van der Waals surface area contributed by atoms with Crippen LogP contribution in [0.3, 0.4) is 0 Å². The molecular formula is C8H9BrN2. The van der Waals surface area contributed by atoms with Crippen molar-refractivity contribution >= 4 is 27.3 Å². The molecule has 0 aliphatic rings. The maximum atomic E-state index is 7.37. The number of hydrogen-bond acceptors (Lipinski definition) is 2. The number of nitrogens with one attached hydrogen (secondary N) is 1. The molecule has 0 atom stereocenters. The summed E-state index contributed by atoms with van der Waals surface area (Å²) in [5, 5.41) is 7.37. The van der Waals surface area contributed by atoms with Gasteiger partial charge in [-0.25, -0.2) is 0 Å². The van der Waals surface area contributed by atoms with Crippen LogP contribution in [0.4, 0.5) is 5.69 Å². The standard InChI is InChI=1S/C8H9BrN2/c1-5(10)7-4-6(9)2-3-8(7)11/h2-4,10H,11H2,1H3. The first kappa shape index (κ1) is 8.27. The lowest BCUT2D eigenvalue weighted by Gasteiger charge is -2.02. The van der Waals surface area contributed by atoms with Gasteiger partial charge in [-0.15, -0.1) is 0 Å². The third kappa shape index (κ3) is 1.80. The molecule has 0 saturated heterocycles. The zero-order valence-corrected chi connectivity index (χ0v) is 7.77. The van der Waals surface area contributed by atoms with Gasteiger partial charge in [-0.05, 0) is 25.1 Å². The molecule has 0 radical (unpaired) electrons. The Bertz CT molecular complexity index is 294. The fraction of sp³-hybridized carbons (Fsp3) is 0.125. The molecule has 0 saturated carbocycles. The van der Waals surface area contributed by atoms with Crippen LogP contribution < -0.4 is 5.73 Å². The lowest BCUT2D eigenvalue weighted by Crippen LogP contribution is -1.98. The number of benzene rings is 1. The monoisotopic (exact) mass is 212 g/mol. The van der Waals surface area contributed by atoms with Crippen LogP contribution in [0.15, 0.2) is 22.7 Å². The minimum Gasteiger partial charge on any atom is -0.398 e. The summed E-state index contributed by atoms with van der Waals surface area (Å²) in [6.45, 7) is 1.72. The molecule has 3 N–H and O–H groups in total. The summed E-state index contributed by atoms with van der Waals surface area (Å²) in [6, 6.07) is 5.50. The summed E-state index contributed by atoms with van der Waals surface area (Å²) in [6.07, 6.45) is 0. The second-order valence-corrected chi connectivity index (χ2v) is 3.27. The Hall–Kier alpha value is -0.830. The normalized spacial score (nSPS) is 9.64. The van der Waals surface area contributed by atoms with E-state index in [1.54, 1.807) is 13.0 Å². The van der Waals surface area contributed by atoms with Crippen molar-refractivity contribution in [1.29, 1.82) is 5.41 Å².